The van der Waals surface area contributed by atoms with E-state index in [9.17, 15) is 18.0 Å². The summed E-state index contributed by atoms with van der Waals surface area (Å²) in [4.78, 5) is 26.5. The van der Waals surface area contributed by atoms with E-state index in [2.05, 4.69) is 4.72 Å². The predicted octanol–water partition coefficient (Wildman–Crippen LogP) is 3.70. The van der Waals surface area contributed by atoms with Gasteiger partial charge in [-0.05, 0) is 49.4 Å². The molecule has 0 aromatic heterocycles. The highest BCUT2D eigenvalue weighted by atomic mass is 32.2. The van der Waals surface area contributed by atoms with Crippen molar-refractivity contribution >= 4 is 33.3 Å². The van der Waals surface area contributed by atoms with Crippen LogP contribution in [0.4, 0.5) is 11.4 Å². The van der Waals surface area contributed by atoms with Crippen molar-refractivity contribution in [1.82, 2.24) is 0 Å². The highest BCUT2D eigenvalue weighted by Crippen LogP contribution is 2.26. The summed E-state index contributed by atoms with van der Waals surface area (Å²) in [5.74, 6) is -0.880. The Balaban J connectivity index is 1.74. The number of hydrogen-bond donors (Lipinski definition) is 1. The maximum atomic E-state index is 12.8. The summed E-state index contributed by atoms with van der Waals surface area (Å²) >= 11 is 0. The van der Waals surface area contributed by atoms with Gasteiger partial charge < -0.3 is 14.4 Å². The van der Waals surface area contributed by atoms with Crippen molar-refractivity contribution in [3.8, 4) is 5.75 Å². The van der Waals surface area contributed by atoms with Gasteiger partial charge in [-0.3, -0.25) is 9.52 Å². The zero-order valence-corrected chi connectivity index (χ0v) is 19.2. The third-order valence-electron chi connectivity index (χ3n) is 4.84. The van der Waals surface area contributed by atoms with E-state index >= 15 is 0 Å². The van der Waals surface area contributed by atoms with E-state index in [1.807, 2.05) is 6.07 Å². The molecule has 0 aliphatic rings. The lowest BCUT2D eigenvalue weighted by Gasteiger charge is -2.21. The number of nitrogens with one attached hydrogen (secondary N) is 1. The number of ether oxygens (including phenoxy) is 2. The summed E-state index contributed by atoms with van der Waals surface area (Å²) in [5, 5.41) is 0. The van der Waals surface area contributed by atoms with Gasteiger partial charge in [-0.1, -0.05) is 36.4 Å². The largest absolute Gasteiger partial charge is 0.495 e. The van der Waals surface area contributed by atoms with Gasteiger partial charge in [0, 0.05) is 12.7 Å². The molecule has 0 bridgehead atoms. The Morgan fingerprint density at radius 1 is 0.939 bits per heavy atom. The summed E-state index contributed by atoms with van der Waals surface area (Å²) in [6.07, 6.45) is -1.07. The molecular weight excluding hydrogens is 444 g/mol. The molecule has 0 fully saturated rings. The molecule has 8 nitrogen and oxygen atoms in total. The van der Waals surface area contributed by atoms with Crippen LogP contribution in [0.1, 0.15) is 17.3 Å². The van der Waals surface area contributed by atoms with Gasteiger partial charge in [-0.25, -0.2) is 13.2 Å². The monoisotopic (exact) mass is 468 g/mol. The third kappa shape index (κ3) is 5.69. The van der Waals surface area contributed by atoms with Crippen LogP contribution in [0.2, 0.25) is 0 Å². The Bertz CT molecular complexity index is 1240. The molecule has 0 aliphatic heterocycles. The summed E-state index contributed by atoms with van der Waals surface area (Å²) in [7, 11) is -0.995. The standard InChI is InChI=1S/C24H24N2O6S/c1-17(23(27)26(2)19-11-5-4-6-12-19)32-24(28)18-10-9-13-20(16-18)33(29,30)25-21-14-7-8-15-22(21)31-3/h4-17,25H,1-3H3. The number of benzene rings is 3. The lowest BCUT2D eigenvalue weighted by Crippen LogP contribution is -2.37. The fourth-order valence-electron chi connectivity index (χ4n) is 3.05. The quantitative estimate of drug-likeness (QED) is 0.506. The summed E-state index contributed by atoms with van der Waals surface area (Å²) in [5.41, 5.74) is 0.914. The van der Waals surface area contributed by atoms with Crippen LogP contribution in [0.25, 0.3) is 0 Å². The Morgan fingerprint density at radius 3 is 2.30 bits per heavy atom. The minimum absolute atomic E-state index is 0.0000779. The van der Waals surface area contributed by atoms with E-state index in [0.717, 1.165) is 0 Å². The van der Waals surface area contributed by atoms with Crippen molar-refractivity contribution < 1.29 is 27.5 Å². The van der Waals surface area contributed by atoms with Crippen LogP contribution < -0.4 is 14.4 Å². The van der Waals surface area contributed by atoms with Crippen LogP contribution >= 0.6 is 0 Å². The number of methoxy groups -OCH3 is 1. The molecule has 33 heavy (non-hydrogen) atoms. The molecule has 3 rings (SSSR count). The van der Waals surface area contributed by atoms with E-state index in [0.29, 0.717) is 11.4 Å². The van der Waals surface area contributed by atoms with Gasteiger partial charge in [-0.15, -0.1) is 0 Å². The second-order valence-corrected chi connectivity index (χ2v) is 8.80. The first-order valence-corrected chi connectivity index (χ1v) is 11.5. The SMILES string of the molecule is COc1ccccc1NS(=O)(=O)c1cccc(C(=O)OC(C)C(=O)N(C)c2ccccc2)c1. The van der Waals surface area contributed by atoms with E-state index in [4.69, 9.17) is 9.47 Å². The molecule has 1 atom stereocenters. The second kappa shape index (κ2) is 10.2. The molecule has 0 saturated heterocycles. The average molecular weight is 469 g/mol. The first-order chi connectivity index (χ1) is 15.7. The van der Waals surface area contributed by atoms with Gasteiger partial charge in [0.2, 0.25) is 0 Å². The molecular formula is C24H24N2O6S. The van der Waals surface area contributed by atoms with Crippen LogP contribution in [0.5, 0.6) is 5.75 Å². The molecule has 1 N–H and O–H groups in total. The Labute approximate surface area is 192 Å². The summed E-state index contributed by atoms with van der Waals surface area (Å²) in [6, 6.07) is 20.9. The highest BCUT2D eigenvalue weighted by Gasteiger charge is 2.24. The van der Waals surface area contributed by atoms with Crippen molar-refractivity contribution in [3.63, 3.8) is 0 Å². The topological polar surface area (TPSA) is 102 Å². The van der Waals surface area contributed by atoms with Crippen molar-refractivity contribution in [2.75, 3.05) is 23.8 Å². The summed E-state index contributed by atoms with van der Waals surface area (Å²) in [6.45, 7) is 1.46. The number of amides is 1. The number of sulfonamides is 1. The molecule has 1 unspecified atom stereocenters. The molecule has 0 radical (unpaired) electrons. The fraction of sp³-hybridized carbons (Fsp3) is 0.167. The van der Waals surface area contributed by atoms with Crippen molar-refractivity contribution in [1.29, 1.82) is 0 Å². The lowest BCUT2D eigenvalue weighted by atomic mass is 10.2. The van der Waals surface area contributed by atoms with E-state index in [1.54, 1.807) is 55.6 Å². The number of hydrogen-bond acceptors (Lipinski definition) is 6. The second-order valence-electron chi connectivity index (χ2n) is 7.11. The number of esters is 1. The summed E-state index contributed by atoms with van der Waals surface area (Å²) < 4.78 is 38.6. The van der Waals surface area contributed by atoms with Gasteiger partial charge in [0.05, 0.1) is 23.3 Å². The van der Waals surface area contributed by atoms with E-state index in [-0.39, 0.29) is 16.1 Å². The molecule has 3 aromatic rings. The van der Waals surface area contributed by atoms with Gasteiger partial charge in [0.25, 0.3) is 15.9 Å². The highest BCUT2D eigenvalue weighted by molar-refractivity contribution is 7.92. The first-order valence-electron chi connectivity index (χ1n) is 10.0. The molecule has 0 heterocycles. The minimum Gasteiger partial charge on any atom is -0.495 e. The van der Waals surface area contributed by atoms with Crippen LogP contribution in [0.3, 0.4) is 0 Å². The van der Waals surface area contributed by atoms with Crippen LogP contribution in [0.15, 0.2) is 83.8 Å². The molecule has 0 spiro atoms. The van der Waals surface area contributed by atoms with Gasteiger partial charge >= 0.3 is 5.97 Å². The van der Waals surface area contributed by atoms with Gasteiger partial charge in [0.15, 0.2) is 6.10 Å². The zero-order chi connectivity index (χ0) is 24.0. The van der Waals surface area contributed by atoms with Crippen LogP contribution in [0, 0.1) is 0 Å². The van der Waals surface area contributed by atoms with Crippen LogP contribution in [-0.4, -0.2) is 40.6 Å². The minimum atomic E-state index is -4.01. The van der Waals surface area contributed by atoms with Crippen LogP contribution in [-0.2, 0) is 19.6 Å². The molecule has 172 valence electrons. The Morgan fingerprint density at radius 2 is 1.61 bits per heavy atom. The number of anilines is 2. The Hall–Kier alpha value is -3.85. The van der Waals surface area contributed by atoms with E-state index < -0.39 is 28.0 Å². The van der Waals surface area contributed by atoms with Crippen molar-refractivity contribution in [3.05, 3.63) is 84.4 Å². The Kier molecular flexibility index (Phi) is 7.34. The van der Waals surface area contributed by atoms with E-state index in [1.165, 1.54) is 43.2 Å². The van der Waals surface area contributed by atoms with Crippen molar-refractivity contribution in [2.45, 2.75) is 17.9 Å². The normalized spacial score (nSPS) is 11.8. The zero-order valence-electron chi connectivity index (χ0n) is 18.4. The molecule has 3 aromatic carbocycles. The molecule has 0 saturated carbocycles. The molecule has 9 heteroatoms. The third-order valence-corrected chi connectivity index (χ3v) is 6.20. The van der Waals surface area contributed by atoms with Crippen molar-refractivity contribution in [2.24, 2.45) is 0 Å². The number of para-hydroxylation sites is 3. The number of carbonyl (C=O) groups excluding carboxylic acids is 2. The maximum absolute atomic E-state index is 12.8. The molecule has 0 aliphatic carbocycles. The number of likely N-dealkylation sites (N-methyl/N-ethyl adjacent to an activating group) is 1. The maximum Gasteiger partial charge on any atom is 0.338 e. The predicted molar refractivity (Wildman–Crippen MR) is 125 cm³/mol. The van der Waals surface area contributed by atoms with Gasteiger partial charge in [-0.2, -0.15) is 0 Å². The fourth-order valence-corrected chi connectivity index (χ4v) is 4.17. The average Bonchev–Trinajstić information content (AvgIpc) is 2.83. The molecule has 1 amide bonds. The van der Waals surface area contributed by atoms with Gasteiger partial charge in [0.1, 0.15) is 5.75 Å². The first kappa shape index (κ1) is 23.8. The lowest BCUT2D eigenvalue weighted by molar-refractivity contribution is -0.126. The number of carbonyl (C=O) groups is 2. The smallest absolute Gasteiger partial charge is 0.338 e. The number of rotatable bonds is 8. The number of nitrogens with zero attached hydrogens (tertiary/aromatic N) is 1.